The fraction of sp³-hybridized carbons (Fsp3) is 0.269. The van der Waals surface area contributed by atoms with Crippen molar-refractivity contribution in [2.75, 3.05) is 13.2 Å². The van der Waals surface area contributed by atoms with E-state index in [-0.39, 0.29) is 41.3 Å². The number of benzene rings is 1. The molecule has 1 aromatic carbocycles. The van der Waals surface area contributed by atoms with Crippen molar-refractivity contribution in [3.05, 3.63) is 86.2 Å². The van der Waals surface area contributed by atoms with Crippen LogP contribution in [0.4, 0.5) is 0 Å². The Labute approximate surface area is 214 Å². The minimum Gasteiger partial charge on any atom is -0.462 e. The molecule has 0 saturated carbocycles. The number of fused-ring (bicyclic) bond motifs is 2. The van der Waals surface area contributed by atoms with Crippen LogP contribution in [-0.4, -0.2) is 45.1 Å². The minimum absolute atomic E-state index is 0.0143. The van der Waals surface area contributed by atoms with Gasteiger partial charge in [0.05, 0.1) is 24.6 Å². The van der Waals surface area contributed by atoms with Crippen molar-refractivity contribution in [1.29, 1.82) is 0 Å². The molecule has 0 unspecified atom stereocenters. The van der Waals surface area contributed by atoms with Gasteiger partial charge in [-0.1, -0.05) is 28.1 Å². The maximum atomic E-state index is 13.4. The quantitative estimate of drug-likeness (QED) is 0.278. The molecule has 1 aliphatic heterocycles. The van der Waals surface area contributed by atoms with Crippen molar-refractivity contribution in [3.8, 4) is 0 Å². The first-order valence-electron chi connectivity index (χ1n) is 11.6. The normalized spacial score (nSPS) is 16.1. The van der Waals surface area contributed by atoms with Gasteiger partial charge in [-0.05, 0) is 56.2 Å². The fourth-order valence-electron chi connectivity index (χ4n) is 4.30. The predicted octanol–water partition coefficient (Wildman–Crippen LogP) is 3.51. The van der Waals surface area contributed by atoms with Gasteiger partial charge in [0.15, 0.2) is 5.49 Å². The first kappa shape index (κ1) is 24.1. The number of hydrogen-bond acceptors (Lipinski definition) is 6. The van der Waals surface area contributed by atoms with E-state index < -0.39 is 11.9 Å². The van der Waals surface area contributed by atoms with Gasteiger partial charge in [-0.3, -0.25) is 14.0 Å². The second kappa shape index (κ2) is 10.2. The lowest BCUT2D eigenvalue weighted by molar-refractivity contribution is 0.0521. The SMILES string of the molecule is CCOC(=O)c1cc2c(=O)n3ccccc3nc2n(C[C@@H]2CCCO2)c1=NC(=O)c1cccc(Br)c1. The van der Waals surface area contributed by atoms with Crippen molar-refractivity contribution in [2.24, 2.45) is 4.99 Å². The first-order valence-corrected chi connectivity index (χ1v) is 12.4. The van der Waals surface area contributed by atoms with Crippen molar-refractivity contribution in [1.82, 2.24) is 14.0 Å². The molecule has 5 rings (SSSR count). The molecule has 0 radical (unpaired) electrons. The van der Waals surface area contributed by atoms with Crippen LogP contribution in [0.1, 0.15) is 40.5 Å². The number of rotatable bonds is 5. The molecule has 10 heteroatoms. The highest BCUT2D eigenvalue weighted by molar-refractivity contribution is 9.10. The van der Waals surface area contributed by atoms with Gasteiger partial charge in [-0.25, -0.2) is 9.78 Å². The number of carbonyl (C=O) groups excluding carboxylic acids is 2. The highest BCUT2D eigenvalue weighted by Crippen LogP contribution is 2.18. The molecule has 36 heavy (non-hydrogen) atoms. The lowest BCUT2D eigenvalue weighted by Gasteiger charge is -2.18. The lowest BCUT2D eigenvalue weighted by Crippen LogP contribution is -2.35. The zero-order valence-electron chi connectivity index (χ0n) is 19.5. The molecule has 184 valence electrons. The van der Waals surface area contributed by atoms with Gasteiger partial charge in [0, 0.05) is 22.8 Å². The average Bonchev–Trinajstić information content (AvgIpc) is 3.39. The van der Waals surface area contributed by atoms with E-state index in [0.29, 0.717) is 23.5 Å². The summed E-state index contributed by atoms with van der Waals surface area (Å²) in [7, 11) is 0. The Morgan fingerprint density at radius 2 is 2.08 bits per heavy atom. The summed E-state index contributed by atoms with van der Waals surface area (Å²) < 4.78 is 14.9. The van der Waals surface area contributed by atoms with E-state index in [9.17, 15) is 14.4 Å². The molecule has 4 aromatic rings. The summed E-state index contributed by atoms with van der Waals surface area (Å²) >= 11 is 3.37. The van der Waals surface area contributed by atoms with Gasteiger partial charge in [0.25, 0.3) is 11.5 Å². The minimum atomic E-state index is -0.682. The molecule has 0 N–H and O–H groups in total. The van der Waals surface area contributed by atoms with Gasteiger partial charge < -0.3 is 14.0 Å². The molecule has 1 amide bonds. The van der Waals surface area contributed by atoms with Crippen LogP contribution >= 0.6 is 15.9 Å². The van der Waals surface area contributed by atoms with Crippen LogP contribution in [-0.2, 0) is 16.0 Å². The Balaban J connectivity index is 1.86. The molecule has 1 saturated heterocycles. The Hall–Kier alpha value is -3.63. The number of carbonyl (C=O) groups is 2. The molecule has 9 nitrogen and oxygen atoms in total. The number of esters is 1. The first-order chi connectivity index (χ1) is 17.5. The van der Waals surface area contributed by atoms with Gasteiger partial charge in [-0.2, -0.15) is 4.99 Å². The molecular formula is C26H23BrN4O5. The van der Waals surface area contributed by atoms with Gasteiger partial charge in [0.2, 0.25) is 0 Å². The molecule has 0 aliphatic carbocycles. The highest BCUT2D eigenvalue weighted by atomic mass is 79.9. The van der Waals surface area contributed by atoms with Crippen LogP contribution in [0.3, 0.4) is 0 Å². The zero-order valence-corrected chi connectivity index (χ0v) is 21.1. The monoisotopic (exact) mass is 550 g/mol. The van der Waals surface area contributed by atoms with Gasteiger partial charge >= 0.3 is 5.97 Å². The average molecular weight is 551 g/mol. The summed E-state index contributed by atoms with van der Waals surface area (Å²) in [6.07, 6.45) is 3.13. The van der Waals surface area contributed by atoms with E-state index in [1.807, 2.05) is 0 Å². The molecular weight excluding hydrogens is 528 g/mol. The van der Waals surface area contributed by atoms with E-state index in [2.05, 4.69) is 20.9 Å². The fourth-order valence-corrected chi connectivity index (χ4v) is 4.70. The molecule has 3 aromatic heterocycles. The zero-order chi connectivity index (χ0) is 25.2. The third kappa shape index (κ3) is 4.61. The number of amides is 1. The summed E-state index contributed by atoms with van der Waals surface area (Å²) in [6, 6.07) is 13.5. The van der Waals surface area contributed by atoms with E-state index in [1.165, 1.54) is 10.5 Å². The predicted molar refractivity (Wildman–Crippen MR) is 136 cm³/mol. The Kier molecular flexibility index (Phi) is 6.80. The molecule has 1 atom stereocenters. The van der Waals surface area contributed by atoms with Crippen LogP contribution in [0.5, 0.6) is 0 Å². The second-order valence-corrected chi connectivity index (χ2v) is 9.27. The number of hydrogen-bond donors (Lipinski definition) is 0. The summed E-state index contributed by atoms with van der Waals surface area (Å²) in [5.41, 5.74) is 0.843. The number of pyridine rings is 2. The Morgan fingerprint density at radius 1 is 1.22 bits per heavy atom. The maximum absolute atomic E-state index is 13.4. The molecule has 0 spiro atoms. The van der Waals surface area contributed by atoms with Crippen molar-refractivity contribution in [2.45, 2.75) is 32.4 Å². The van der Waals surface area contributed by atoms with E-state index in [1.54, 1.807) is 60.2 Å². The topological polar surface area (TPSA) is 104 Å². The number of aromatic nitrogens is 3. The van der Waals surface area contributed by atoms with Gasteiger partial charge in [0.1, 0.15) is 16.9 Å². The largest absolute Gasteiger partial charge is 0.462 e. The smallest absolute Gasteiger partial charge is 0.341 e. The lowest BCUT2D eigenvalue weighted by atomic mass is 10.1. The summed E-state index contributed by atoms with van der Waals surface area (Å²) in [4.78, 5) is 48.8. The second-order valence-electron chi connectivity index (χ2n) is 8.36. The van der Waals surface area contributed by atoms with E-state index in [4.69, 9.17) is 14.5 Å². The van der Waals surface area contributed by atoms with Crippen LogP contribution in [0.25, 0.3) is 16.7 Å². The van der Waals surface area contributed by atoms with Crippen molar-refractivity contribution in [3.63, 3.8) is 0 Å². The Bertz CT molecular complexity index is 1620. The van der Waals surface area contributed by atoms with Crippen LogP contribution in [0.2, 0.25) is 0 Å². The molecule has 0 bridgehead atoms. The molecule has 1 fully saturated rings. The summed E-state index contributed by atoms with van der Waals surface area (Å²) in [5.74, 6) is -1.22. The van der Waals surface area contributed by atoms with Crippen LogP contribution in [0.15, 0.2) is 69.0 Å². The van der Waals surface area contributed by atoms with Crippen molar-refractivity contribution < 1.29 is 19.1 Å². The van der Waals surface area contributed by atoms with E-state index in [0.717, 1.165) is 17.3 Å². The maximum Gasteiger partial charge on any atom is 0.341 e. The third-order valence-electron chi connectivity index (χ3n) is 5.97. The summed E-state index contributed by atoms with van der Waals surface area (Å²) in [5, 5.41) is 0.216. The van der Waals surface area contributed by atoms with Crippen LogP contribution < -0.4 is 11.0 Å². The highest BCUT2D eigenvalue weighted by Gasteiger charge is 2.24. The van der Waals surface area contributed by atoms with Gasteiger partial charge in [-0.15, -0.1) is 0 Å². The van der Waals surface area contributed by atoms with Crippen molar-refractivity contribution >= 4 is 44.5 Å². The molecule has 1 aliphatic rings. The Morgan fingerprint density at radius 3 is 2.83 bits per heavy atom. The number of ether oxygens (including phenoxy) is 2. The standard InChI is InChI=1S/C26H23BrN4O5/c1-2-35-26(34)20-14-19-22(28-21-10-3-4-11-30(21)25(19)33)31(15-18-9-6-12-36-18)23(20)29-24(32)16-7-5-8-17(27)13-16/h3-5,7-8,10-11,13-14,18H,2,6,9,12,15H2,1H3/t18-/m0/s1. The van der Waals surface area contributed by atoms with E-state index >= 15 is 0 Å². The number of halogens is 1. The summed E-state index contributed by atoms with van der Waals surface area (Å²) in [6.45, 7) is 2.69. The number of nitrogens with zero attached hydrogens (tertiary/aromatic N) is 4. The third-order valence-corrected chi connectivity index (χ3v) is 6.47. The van der Waals surface area contributed by atoms with Crippen LogP contribution in [0, 0.1) is 0 Å². The molecule has 4 heterocycles.